The van der Waals surface area contributed by atoms with Crippen LogP contribution in [0.4, 0.5) is 0 Å². The average molecular weight is 264 g/mol. The standard InChI is InChI=1S/C15H20O2S/c1-4-14(16)17-11-8-12-18-15(2,3)13-9-6-5-7-10-13/h4-7,9-10H,1,8,11-12H2,2-3H3. The molecule has 1 rings (SSSR count). The number of carbonyl (C=O) groups excluding carboxylic acids is 1. The lowest BCUT2D eigenvalue weighted by atomic mass is 10.0. The zero-order valence-corrected chi connectivity index (χ0v) is 11.8. The van der Waals surface area contributed by atoms with Gasteiger partial charge in [0, 0.05) is 10.8 Å². The Bertz CT molecular complexity index is 385. The minimum absolute atomic E-state index is 0.0870. The summed E-state index contributed by atoms with van der Waals surface area (Å²) in [5.74, 6) is 0.620. The molecule has 0 aliphatic carbocycles. The van der Waals surface area contributed by atoms with E-state index in [-0.39, 0.29) is 10.7 Å². The summed E-state index contributed by atoms with van der Waals surface area (Å²) in [7, 11) is 0. The molecule has 1 aromatic carbocycles. The molecule has 0 saturated carbocycles. The van der Waals surface area contributed by atoms with E-state index >= 15 is 0 Å². The minimum atomic E-state index is -0.345. The molecule has 0 fully saturated rings. The molecule has 98 valence electrons. The number of carbonyl (C=O) groups is 1. The van der Waals surface area contributed by atoms with Gasteiger partial charge >= 0.3 is 5.97 Å². The van der Waals surface area contributed by atoms with Crippen molar-refractivity contribution in [3.05, 3.63) is 48.6 Å². The van der Waals surface area contributed by atoms with E-state index in [0.717, 1.165) is 12.2 Å². The molecule has 2 nitrogen and oxygen atoms in total. The highest BCUT2D eigenvalue weighted by molar-refractivity contribution is 8.00. The molecule has 3 heteroatoms. The van der Waals surface area contributed by atoms with Crippen LogP contribution in [0.15, 0.2) is 43.0 Å². The van der Waals surface area contributed by atoms with Crippen molar-refractivity contribution in [2.45, 2.75) is 25.0 Å². The molecule has 18 heavy (non-hydrogen) atoms. The van der Waals surface area contributed by atoms with E-state index in [1.807, 2.05) is 17.8 Å². The third-order valence-electron chi connectivity index (χ3n) is 2.63. The fourth-order valence-electron chi connectivity index (χ4n) is 1.54. The highest BCUT2D eigenvalue weighted by Crippen LogP contribution is 2.35. The van der Waals surface area contributed by atoms with Crippen molar-refractivity contribution in [3.63, 3.8) is 0 Å². The summed E-state index contributed by atoms with van der Waals surface area (Å²) in [6, 6.07) is 10.4. The molecule has 0 atom stereocenters. The van der Waals surface area contributed by atoms with Gasteiger partial charge in [-0.3, -0.25) is 0 Å². The summed E-state index contributed by atoms with van der Waals surface area (Å²) in [5, 5.41) is 0. The van der Waals surface area contributed by atoms with Crippen molar-refractivity contribution in [2.75, 3.05) is 12.4 Å². The largest absolute Gasteiger partial charge is 0.463 e. The maximum Gasteiger partial charge on any atom is 0.330 e. The second-order valence-corrected chi connectivity index (χ2v) is 6.17. The fraction of sp³-hybridized carbons (Fsp3) is 0.400. The van der Waals surface area contributed by atoms with Crippen molar-refractivity contribution >= 4 is 17.7 Å². The third-order valence-corrected chi connectivity index (χ3v) is 4.08. The second-order valence-electron chi connectivity index (χ2n) is 4.45. The summed E-state index contributed by atoms with van der Waals surface area (Å²) in [6.45, 7) is 8.24. The molecule has 0 saturated heterocycles. The van der Waals surface area contributed by atoms with E-state index in [9.17, 15) is 4.79 Å². The number of esters is 1. The number of rotatable bonds is 7. The molecule has 0 heterocycles. The molecule has 0 unspecified atom stereocenters. The number of ether oxygens (including phenoxy) is 1. The summed E-state index contributed by atoms with van der Waals surface area (Å²) in [5.41, 5.74) is 1.32. The fourth-order valence-corrected chi connectivity index (χ4v) is 2.62. The Morgan fingerprint density at radius 2 is 2.06 bits per heavy atom. The Hall–Kier alpha value is -1.22. The van der Waals surface area contributed by atoms with Crippen molar-refractivity contribution in [2.24, 2.45) is 0 Å². The molecule has 0 N–H and O–H groups in total. The van der Waals surface area contributed by atoms with Crippen molar-refractivity contribution in [1.29, 1.82) is 0 Å². The minimum Gasteiger partial charge on any atom is -0.463 e. The van der Waals surface area contributed by atoms with Gasteiger partial charge in [-0.25, -0.2) is 4.79 Å². The lowest BCUT2D eigenvalue weighted by molar-refractivity contribution is -0.137. The highest BCUT2D eigenvalue weighted by atomic mass is 32.2. The Morgan fingerprint density at radius 1 is 1.39 bits per heavy atom. The number of benzene rings is 1. The maximum atomic E-state index is 10.8. The van der Waals surface area contributed by atoms with Gasteiger partial charge in [-0.2, -0.15) is 11.8 Å². The van der Waals surface area contributed by atoms with Gasteiger partial charge in [0.2, 0.25) is 0 Å². The number of hydrogen-bond donors (Lipinski definition) is 0. The molecular weight excluding hydrogens is 244 g/mol. The van der Waals surface area contributed by atoms with E-state index in [0.29, 0.717) is 6.61 Å². The number of thioether (sulfide) groups is 1. The van der Waals surface area contributed by atoms with Crippen LogP contribution in [-0.2, 0) is 14.3 Å². The van der Waals surface area contributed by atoms with Crippen LogP contribution >= 0.6 is 11.8 Å². The van der Waals surface area contributed by atoms with Crippen LogP contribution in [0.2, 0.25) is 0 Å². The molecule has 0 aliphatic rings. The van der Waals surface area contributed by atoms with Gasteiger partial charge in [-0.05, 0) is 31.6 Å². The normalized spacial score (nSPS) is 11.0. The molecule has 0 bridgehead atoms. The highest BCUT2D eigenvalue weighted by Gasteiger charge is 2.20. The van der Waals surface area contributed by atoms with Gasteiger partial charge in [-0.15, -0.1) is 0 Å². The molecule has 0 aliphatic heterocycles. The molecule has 0 amide bonds. The van der Waals surface area contributed by atoms with Crippen LogP contribution in [0.5, 0.6) is 0 Å². The van der Waals surface area contributed by atoms with E-state index in [1.165, 1.54) is 11.6 Å². The van der Waals surface area contributed by atoms with Gasteiger partial charge in [0.25, 0.3) is 0 Å². The summed E-state index contributed by atoms with van der Waals surface area (Å²) < 4.78 is 5.03. The van der Waals surface area contributed by atoms with Gasteiger partial charge in [-0.1, -0.05) is 36.9 Å². The first-order chi connectivity index (χ1) is 8.56. The van der Waals surface area contributed by atoms with Crippen molar-refractivity contribution in [3.8, 4) is 0 Å². The second kappa shape index (κ2) is 7.27. The van der Waals surface area contributed by atoms with Gasteiger partial charge in [0.1, 0.15) is 0 Å². The lowest BCUT2D eigenvalue weighted by Crippen LogP contribution is -2.13. The number of hydrogen-bond acceptors (Lipinski definition) is 3. The van der Waals surface area contributed by atoms with Gasteiger partial charge < -0.3 is 4.74 Å². The quantitative estimate of drug-likeness (QED) is 0.426. The van der Waals surface area contributed by atoms with E-state index in [4.69, 9.17) is 4.74 Å². The van der Waals surface area contributed by atoms with Crippen LogP contribution in [-0.4, -0.2) is 18.3 Å². The molecule has 0 radical (unpaired) electrons. The smallest absolute Gasteiger partial charge is 0.330 e. The lowest BCUT2D eigenvalue weighted by Gasteiger charge is -2.24. The first kappa shape index (κ1) is 14.8. The monoisotopic (exact) mass is 264 g/mol. The SMILES string of the molecule is C=CC(=O)OCCCSC(C)(C)c1ccccc1. The Kier molecular flexibility index (Phi) is 5.99. The maximum absolute atomic E-state index is 10.8. The van der Waals surface area contributed by atoms with Crippen LogP contribution < -0.4 is 0 Å². The van der Waals surface area contributed by atoms with Gasteiger partial charge in [0.15, 0.2) is 0 Å². The Morgan fingerprint density at radius 3 is 2.67 bits per heavy atom. The molecule has 1 aromatic rings. The average Bonchev–Trinajstić information content (AvgIpc) is 2.39. The van der Waals surface area contributed by atoms with E-state index in [1.54, 1.807) is 0 Å². The molecule has 0 spiro atoms. The molecule has 0 aromatic heterocycles. The van der Waals surface area contributed by atoms with Crippen LogP contribution in [0.25, 0.3) is 0 Å². The zero-order valence-electron chi connectivity index (χ0n) is 11.0. The van der Waals surface area contributed by atoms with Crippen LogP contribution in [0, 0.1) is 0 Å². The predicted octanol–water partition coefficient (Wildman–Crippen LogP) is 3.77. The Balaban J connectivity index is 2.30. The van der Waals surface area contributed by atoms with Crippen molar-refractivity contribution in [1.82, 2.24) is 0 Å². The zero-order chi connectivity index (χ0) is 13.4. The summed E-state index contributed by atoms with van der Waals surface area (Å²) in [4.78, 5) is 10.8. The van der Waals surface area contributed by atoms with Gasteiger partial charge in [0.05, 0.1) is 6.61 Å². The van der Waals surface area contributed by atoms with Crippen LogP contribution in [0.3, 0.4) is 0 Å². The topological polar surface area (TPSA) is 26.3 Å². The summed E-state index contributed by atoms with van der Waals surface area (Å²) in [6.07, 6.45) is 2.06. The third kappa shape index (κ3) is 4.96. The Labute approximate surface area is 113 Å². The summed E-state index contributed by atoms with van der Waals surface area (Å²) >= 11 is 1.87. The van der Waals surface area contributed by atoms with E-state index < -0.39 is 0 Å². The van der Waals surface area contributed by atoms with E-state index in [2.05, 4.69) is 44.7 Å². The first-order valence-electron chi connectivity index (χ1n) is 6.05. The first-order valence-corrected chi connectivity index (χ1v) is 7.03. The van der Waals surface area contributed by atoms with Crippen molar-refractivity contribution < 1.29 is 9.53 Å². The molecular formula is C15H20O2S. The predicted molar refractivity (Wildman–Crippen MR) is 77.7 cm³/mol. The van der Waals surface area contributed by atoms with Crippen LogP contribution in [0.1, 0.15) is 25.8 Å².